The molecule has 84 valence electrons. The minimum Gasteiger partial charge on any atom is -0.383 e. The van der Waals surface area contributed by atoms with Crippen LogP contribution in [0.4, 0.5) is 14.6 Å². The van der Waals surface area contributed by atoms with E-state index in [0.29, 0.717) is 16.9 Å². The van der Waals surface area contributed by atoms with E-state index in [9.17, 15) is 8.78 Å². The zero-order valence-corrected chi connectivity index (χ0v) is 9.09. The van der Waals surface area contributed by atoms with Crippen LogP contribution in [0.3, 0.4) is 0 Å². The van der Waals surface area contributed by atoms with E-state index < -0.39 is 11.6 Å². The van der Waals surface area contributed by atoms with Crippen molar-refractivity contribution in [2.24, 2.45) is 7.05 Å². The second-order valence-electron chi connectivity index (χ2n) is 3.31. The molecule has 3 nitrogen and oxygen atoms in total. The van der Waals surface area contributed by atoms with Gasteiger partial charge in [0.05, 0.1) is 11.2 Å². The third-order valence-corrected chi connectivity index (χ3v) is 2.60. The van der Waals surface area contributed by atoms with Crippen LogP contribution in [0, 0.1) is 11.6 Å². The first-order chi connectivity index (χ1) is 7.50. The highest BCUT2D eigenvalue weighted by Crippen LogP contribution is 2.33. The number of anilines is 1. The number of nitrogens with zero attached hydrogens (tertiary/aromatic N) is 2. The van der Waals surface area contributed by atoms with Crippen LogP contribution in [-0.4, -0.2) is 9.78 Å². The first-order valence-corrected chi connectivity index (χ1v) is 4.81. The van der Waals surface area contributed by atoms with Gasteiger partial charge in [-0.2, -0.15) is 5.10 Å². The Balaban J connectivity index is 2.65. The molecule has 0 spiro atoms. The van der Waals surface area contributed by atoms with Crippen molar-refractivity contribution in [2.75, 3.05) is 5.73 Å². The van der Waals surface area contributed by atoms with E-state index in [4.69, 9.17) is 17.3 Å². The molecule has 0 saturated carbocycles. The maximum absolute atomic E-state index is 13.1. The van der Waals surface area contributed by atoms with Gasteiger partial charge in [-0.05, 0) is 12.1 Å². The summed E-state index contributed by atoms with van der Waals surface area (Å²) >= 11 is 5.82. The van der Waals surface area contributed by atoms with Gasteiger partial charge < -0.3 is 5.73 Å². The summed E-state index contributed by atoms with van der Waals surface area (Å²) < 4.78 is 27.4. The molecule has 0 unspecified atom stereocenters. The van der Waals surface area contributed by atoms with Gasteiger partial charge in [0.1, 0.15) is 5.82 Å². The second-order valence-corrected chi connectivity index (χ2v) is 3.72. The van der Waals surface area contributed by atoms with Crippen LogP contribution in [0.2, 0.25) is 5.02 Å². The van der Waals surface area contributed by atoms with E-state index in [0.717, 1.165) is 12.1 Å². The fourth-order valence-electron chi connectivity index (χ4n) is 1.38. The summed E-state index contributed by atoms with van der Waals surface area (Å²) in [6.45, 7) is 0. The van der Waals surface area contributed by atoms with Gasteiger partial charge >= 0.3 is 0 Å². The molecule has 0 atom stereocenters. The lowest BCUT2D eigenvalue weighted by Gasteiger charge is -2.04. The molecule has 0 saturated heterocycles. The number of rotatable bonds is 1. The van der Waals surface area contributed by atoms with Crippen LogP contribution in [0.25, 0.3) is 11.1 Å². The SMILES string of the molecule is Cn1ncc(-c2cc(F)c(F)cc2Cl)c1N. The topological polar surface area (TPSA) is 43.8 Å². The normalized spacial score (nSPS) is 10.8. The third-order valence-electron chi connectivity index (χ3n) is 2.28. The van der Waals surface area contributed by atoms with Gasteiger partial charge in [-0.15, -0.1) is 0 Å². The number of hydrogen-bond donors (Lipinski definition) is 1. The molecule has 0 radical (unpaired) electrons. The monoisotopic (exact) mass is 243 g/mol. The van der Waals surface area contributed by atoms with E-state index in [1.807, 2.05) is 0 Å². The molecule has 0 bridgehead atoms. The molecule has 6 heteroatoms. The highest BCUT2D eigenvalue weighted by molar-refractivity contribution is 6.33. The number of aromatic nitrogens is 2. The van der Waals surface area contributed by atoms with Gasteiger partial charge in [-0.1, -0.05) is 11.6 Å². The number of nitrogen functional groups attached to an aromatic ring is 1. The van der Waals surface area contributed by atoms with Gasteiger partial charge in [-0.25, -0.2) is 8.78 Å². The van der Waals surface area contributed by atoms with E-state index in [-0.39, 0.29) is 5.02 Å². The molecule has 1 aromatic carbocycles. The van der Waals surface area contributed by atoms with Gasteiger partial charge in [0.25, 0.3) is 0 Å². The van der Waals surface area contributed by atoms with Crippen molar-refractivity contribution < 1.29 is 8.78 Å². The summed E-state index contributed by atoms with van der Waals surface area (Å²) in [5, 5.41) is 4.00. The zero-order valence-electron chi connectivity index (χ0n) is 8.34. The van der Waals surface area contributed by atoms with Crippen molar-refractivity contribution >= 4 is 17.4 Å². The molecular weight excluding hydrogens is 236 g/mol. The molecule has 16 heavy (non-hydrogen) atoms. The second kappa shape index (κ2) is 3.75. The number of halogens is 3. The number of aryl methyl sites for hydroxylation is 1. The van der Waals surface area contributed by atoms with E-state index >= 15 is 0 Å². The summed E-state index contributed by atoms with van der Waals surface area (Å²) in [5.41, 5.74) is 6.52. The third kappa shape index (κ3) is 1.63. The molecule has 2 N–H and O–H groups in total. The van der Waals surface area contributed by atoms with Crippen LogP contribution in [0.1, 0.15) is 0 Å². The van der Waals surface area contributed by atoms with Crippen LogP contribution < -0.4 is 5.73 Å². The molecule has 0 amide bonds. The number of benzene rings is 1. The Morgan fingerprint density at radius 1 is 1.25 bits per heavy atom. The van der Waals surface area contributed by atoms with Crippen molar-refractivity contribution in [2.45, 2.75) is 0 Å². The van der Waals surface area contributed by atoms with Gasteiger partial charge in [-0.3, -0.25) is 4.68 Å². The first-order valence-electron chi connectivity index (χ1n) is 4.43. The predicted molar refractivity (Wildman–Crippen MR) is 58.0 cm³/mol. The van der Waals surface area contributed by atoms with Crippen molar-refractivity contribution in [1.29, 1.82) is 0 Å². The summed E-state index contributed by atoms with van der Waals surface area (Å²) in [7, 11) is 1.65. The summed E-state index contributed by atoms with van der Waals surface area (Å²) in [5.74, 6) is -1.62. The molecule has 0 fully saturated rings. The van der Waals surface area contributed by atoms with Crippen LogP contribution in [0.15, 0.2) is 18.3 Å². The molecule has 0 aliphatic carbocycles. The maximum Gasteiger partial charge on any atom is 0.160 e. The number of nitrogens with two attached hydrogens (primary N) is 1. The van der Waals surface area contributed by atoms with Crippen LogP contribution in [-0.2, 0) is 7.05 Å². The summed E-state index contributed by atoms with van der Waals surface area (Å²) in [4.78, 5) is 0. The Kier molecular flexibility index (Phi) is 2.55. The van der Waals surface area contributed by atoms with Gasteiger partial charge in [0.15, 0.2) is 11.6 Å². The van der Waals surface area contributed by atoms with Crippen molar-refractivity contribution in [3.8, 4) is 11.1 Å². The fraction of sp³-hybridized carbons (Fsp3) is 0.100. The Morgan fingerprint density at radius 3 is 2.44 bits per heavy atom. The molecule has 2 aromatic rings. The van der Waals surface area contributed by atoms with Crippen LogP contribution in [0.5, 0.6) is 0 Å². The van der Waals surface area contributed by atoms with Crippen molar-refractivity contribution in [3.05, 3.63) is 35.0 Å². The molecule has 2 rings (SSSR count). The average molecular weight is 244 g/mol. The Morgan fingerprint density at radius 2 is 1.88 bits per heavy atom. The zero-order chi connectivity index (χ0) is 11.9. The molecule has 0 aliphatic heterocycles. The predicted octanol–water partition coefficient (Wildman–Crippen LogP) is 2.60. The highest BCUT2D eigenvalue weighted by Gasteiger charge is 2.14. The Bertz CT molecular complexity index is 551. The fourth-order valence-corrected chi connectivity index (χ4v) is 1.64. The Labute approximate surface area is 95.4 Å². The standard InChI is InChI=1S/C10H8ClF2N3/c1-16-10(14)6(4-15-16)5-2-8(12)9(13)3-7(5)11/h2-4H,14H2,1H3. The maximum atomic E-state index is 13.1. The van der Waals surface area contributed by atoms with Crippen molar-refractivity contribution in [1.82, 2.24) is 9.78 Å². The lowest BCUT2D eigenvalue weighted by Crippen LogP contribution is -1.98. The van der Waals surface area contributed by atoms with E-state index in [2.05, 4.69) is 5.10 Å². The minimum absolute atomic E-state index is 0.0959. The molecule has 1 aromatic heterocycles. The molecule has 0 aliphatic rings. The first kappa shape index (κ1) is 10.9. The lowest BCUT2D eigenvalue weighted by atomic mass is 10.1. The minimum atomic E-state index is -0.990. The molecular formula is C10H8ClF2N3. The van der Waals surface area contributed by atoms with Gasteiger partial charge in [0.2, 0.25) is 0 Å². The lowest BCUT2D eigenvalue weighted by molar-refractivity contribution is 0.509. The molecule has 1 heterocycles. The average Bonchev–Trinajstić information content (AvgIpc) is 2.54. The van der Waals surface area contributed by atoms with Crippen LogP contribution >= 0.6 is 11.6 Å². The smallest absolute Gasteiger partial charge is 0.160 e. The van der Waals surface area contributed by atoms with E-state index in [1.54, 1.807) is 7.05 Å². The number of hydrogen-bond acceptors (Lipinski definition) is 2. The van der Waals surface area contributed by atoms with Gasteiger partial charge in [0, 0.05) is 18.2 Å². The Hall–Kier alpha value is -1.62. The summed E-state index contributed by atoms with van der Waals surface area (Å²) in [6.07, 6.45) is 1.45. The largest absolute Gasteiger partial charge is 0.383 e. The van der Waals surface area contributed by atoms with E-state index in [1.165, 1.54) is 10.9 Å². The summed E-state index contributed by atoms with van der Waals surface area (Å²) in [6, 6.07) is 1.92. The quantitative estimate of drug-likeness (QED) is 0.783. The highest BCUT2D eigenvalue weighted by atomic mass is 35.5. The van der Waals surface area contributed by atoms with Crippen molar-refractivity contribution in [3.63, 3.8) is 0 Å².